The SMILES string of the molecule is CCCCOc1ccc(C(=O)N2CCC[C@H](C(=O)NCCC)C2)cc1. The largest absolute Gasteiger partial charge is 0.494 e. The van der Waals surface area contributed by atoms with Crippen molar-refractivity contribution >= 4 is 11.8 Å². The highest BCUT2D eigenvalue weighted by Crippen LogP contribution is 2.20. The first-order chi connectivity index (χ1) is 12.2. The summed E-state index contributed by atoms with van der Waals surface area (Å²) in [4.78, 5) is 26.7. The number of likely N-dealkylation sites (tertiary alicyclic amines) is 1. The van der Waals surface area contributed by atoms with Gasteiger partial charge in [-0.3, -0.25) is 9.59 Å². The molecule has 1 fully saturated rings. The van der Waals surface area contributed by atoms with E-state index in [1.165, 1.54) is 0 Å². The maximum Gasteiger partial charge on any atom is 0.253 e. The van der Waals surface area contributed by atoms with Crippen LogP contribution in [0, 0.1) is 5.92 Å². The van der Waals surface area contributed by atoms with Gasteiger partial charge in [0.2, 0.25) is 5.91 Å². The molecule has 1 saturated heterocycles. The summed E-state index contributed by atoms with van der Waals surface area (Å²) in [7, 11) is 0. The van der Waals surface area contributed by atoms with Crippen molar-refractivity contribution in [1.82, 2.24) is 10.2 Å². The number of carbonyl (C=O) groups excluding carboxylic acids is 2. The van der Waals surface area contributed by atoms with Gasteiger partial charge in [-0.2, -0.15) is 0 Å². The molecule has 1 N–H and O–H groups in total. The van der Waals surface area contributed by atoms with Gasteiger partial charge in [-0.15, -0.1) is 0 Å². The van der Waals surface area contributed by atoms with Gasteiger partial charge in [0, 0.05) is 25.2 Å². The van der Waals surface area contributed by atoms with Gasteiger partial charge in [-0.05, 0) is 49.9 Å². The van der Waals surface area contributed by atoms with Gasteiger partial charge in [-0.1, -0.05) is 20.3 Å². The molecule has 0 unspecified atom stereocenters. The van der Waals surface area contributed by atoms with Crippen LogP contribution in [0.5, 0.6) is 5.75 Å². The van der Waals surface area contributed by atoms with E-state index in [1.54, 1.807) is 4.90 Å². The first-order valence-corrected chi connectivity index (χ1v) is 9.45. The normalized spacial score (nSPS) is 17.2. The fraction of sp³-hybridized carbons (Fsp3) is 0.600. The second kappa shape index (κ2) is 10.1. The molecule has 1 aliphatic rings. The molecule has 5 heteroatoms. The zero-order valence-corrected chi connectivity index (χ0v) is 15.4. The van der Waals surface area contributed by atoms with Crippen molar-refractivity contribution < 1.29 is 14.3 Å². The number of hydrogen-bond donors (Lipinski definition) is 1. The Kier molecular flexibility index (Phi) is 7.76. The molecule has 0 aliphatic carbocycles. The number of amides is 2. The molecule has 0 radical (unpaired) electrons. The van der Waals surface area contributed by atoms with Crippen LogP contribution in [0.25, 0.3) is 0 Å². The van der Waals surface area contributed by atoms with Gasteiger partial charge in [0.1, 0.15) is 5.75 Å². The summed E-state index contributed by atoms with van der Waals surface area (Å²) >= 11 is 0. The van der Waals surface area contributed by atoms with Crippen LogP contribution in [0.1, 0.15) is 56.3 Å². The first kappa shape index (κ1) is 19.3. The van der Waals surface area contributed by atoms with Crippen LogP contribution in [0.15, 0.2) is 24.3 Å². The minimum Gasteiger partial charge on any atom is -0.494 e. The Morgan fingerprint density at radius 3 is 2.64 bits per heavy atom. The van der Waals surface area contributed by atoms with E-state index >= 15 is 0 Å². The average Bonchev–Trinajstić information content (AvgIpc) is 2.66. The molecule has 5 nitrogen and oxygen atoms in total. The molecule has 1 aromatic carbocycles. The highest BCUT2D eigenvalue weighted by Gasteiger charge is 2.28. The van der Waals surface area contributed by atoms with Crippen LogP contribution in [-0.2, 0) is 4.79 Å². The summed E-state index contributed by atoms with van der Waals surface area (Å²) in [5.74, 6) is 0.758. The minimum atomic E-state index is -0.0964. The third kappa shape index (κ3) is 5.76. The molecular weight excluding hydrogens is 316 g/mol. The van der Waals surface area contributed by atoms with Crippen LogP contribution in [0.3, 0.4) is 0 Å². The third-order valence-corrected chi connectivity index (χ3v) is 4.50. The highest BCUT2D eigenvalue weighted by molar-refractivity contribution is 5.94. The maximum atomic E-state index is 12.7. The molecule has 1 atom stereocenters. The maximum absolute atomic E-state index is 12.7. The standard InChI is InChI=1S/C20H30N2O3/c1-3-5-14-25-18-10-8-16(9-11-18)20(24)22-13-6-7-17(15-22)19(23)21-12-4-2/h8-11,17H,3-7,12-15H2,1-2H3,(H,21,23)/t17-/m0/s1. The van der Waals surface area contributed by atoms with Crippen molar-refractivity contribution in [3.8, 4) is 5.75 Å². The van der Waals surface area contributed by atoms with Crippen molar-refractivity contribution in [2.24, 2.45) is 5.92 Å². The van der Waals surface area contributed by atoms with Gasteiger partial charge in [-0.25, -0.2) is 0 Å². The first-order valence-electron chi connectivity index (χ1n) is 9.45. The number of carbonyl (C=O) groups is 2. The lowest BCUT2D eigenvalue weighted by molar-refractivity contribution is -0.126. The van der Waals surface area contributed by atoms with Gasteiger partial charge in [0.15, 0.2) is 0 Å². The van der Waals surface area contributed by atoms with E-state index in [-0.39, 0.29) is 17.7 Å². The molecular formula is C20H30N2O3. The lowest BCUT2D eigenvalue weighted by atomic mass is 9.96. The number of nitrogens with one attached hydrogen (secondary N) is 1. The van der Waals surface area contributed by atoms with Crippen LogP contribution in [-0.4, -0.2) is 43.0 Å². The van der Waals surface area contributed by atoms with Gasteiger partial charge in [0.25, 0.3) is 5.91 Å². The Morgan fingerprint density at radius 1 is 1.20 bits per heavy atom. The summed E-state index contributed by atoms with van der Waals surface area (Å²) in [5, 5.41) is 2.94. The Hall–Kier alpha value is -2.04. The second-order valence-electron chi connectivity index (χ2n) is 6.61. The molecule has 1 aromatic rings. The smallest absolute Gasteiger partial charge is 0.253 e. The molecule has 0 bridgehead atoms. The Balaban J connectivity index is 1.91. The molecule has 25 heavy (non-hydrogen) atoms. The van der Waals surface area contributed by atoms with E-state index in [0.29, 0.717) is 31.8 Å². The number of benzene rings is 1. The topological polar surface area (TPSA) is 58.6 Å². The molecule has 1 aliphatic heterocycles. The van der Waals surface area contributed by atoms with Crippen molar-refractivity contribution in [1.29, 1.82) is 0 Å². The van der Waals surface area contributed by atoms with Crippen molar-refractivity contribution in [3.63, 3.8) is 0 Å². The average molecular weight is 346 g/mol. The number of piperidine rings is 1. The summed E-state index contributed by atoms with van der Waals surface area (Å²) in [6, 6.07) is 7.31. The van der Waals surface area contributed by atoms with Gasteiger partial charge >= 0.3 is 0 Å². The van der Waals surface area contributed by atoms with Crippen molar-refractivity contribution in [2.45, 2.75) is 46.0 Å². The van der Waals surface area contributed by atoms with Crippen LogP contribution in [0.4, 0.5) is 0 Å². The molecule has 138 valence electrons. The van der Waals surface area contributed by atoms with Crippen LogP contribution >= 0.6 is 0 Å². The molecule has 2 rings (SSSR count). The highest BCUT2D eigenvalue weighted by atomic mass is 16.5. The molecule has 0 spiro atoms. The fourth-order valence-electron chi connectivity index (χ4n) is 2.98. The number of rotatable bonds is 8. The Labute approximate surface area is 150 Å². The summed E-state index contributed by atoms with van der Waals surface area (Å²) < 4.78 is 5.63. The zero-order chi connectivity index (χ0) is 18.1. The van der Waals surface area contributed by atoms with Crippen molar-refractivity contribution in [3.05, 3.63) is 29.8 Å². The predicted octanol–water partition coefficient (Wildman–Crippen LogP) is 3.24. The fourth-order valence-corrected chi connectivity index (χ4v) is 2.98. The van der Waals surface area contributed by atoms with Gasteiger partial charge < -0.3 is 15.0 Å². The van der Waals surface area contributed by atoms with E-state index < -0.39 is 0 Å². The second-order valence-corrected chi connectivity index (χ2v) is 6.61. The van der Waals surface area contributed by atoms with Crippen molar-refractivity contribution in [2.75, 3.05) is 26.2 Å². The monoisotopic (exact) mass is 346 g/mol. The summed E-state index contributed by atoms with van der Waals surface area (Å²) in [5.41, 5.74) is 0.650. The predicted molar refractivity (Wildman–Crippen MR) is 98.8 cm³/mol. The van der Waals surface area contributed by atoms with E-state index in [1.807, 2.05) is 31.2 Å². The molecule has 1 heterocycles. The third-order valence-electron chi connectivity index (χ3n) is 4.50. The number of hydrogen-bond acceptors (Lipinski definition) is 3. The van der Waals surface area contributed by atoms with E-state index in [4.69, 9.17) is 4.74 Å². The minimum absolute atomic E-state index is 0.00639. The number of unbranched alkanes of at least 4 members (excludes halogenated alkanes) is 1. The number of nitrogens with zero attached hydrogens (tertiary/aromatic N) is 1. The summed E-state index contributed by atoms with van der Waals surface area (Å²) in [6.07, 6.45) is 4.76. The quantitative estimate of drug-likeness (QED) is 0.735. The zero-order valence-electron chi connectivity index (χ0n) is 15.4. The summed E-state index contributed by atoms with van der Waals surface area (Å²) in [6.45, 7) is 6.77. The Bertz CT molecular complexity index is 557. The van der Waals surface area contributed by atoms with Crippen LogP contribution < -0.4 is 10.1 Å². The molecule has 2 amide bonds. The number of ether oxygens (including phenoxy) is 1. The van der Waals surface area contributed by atoms with E-state index in [0.717, 1.165) is 37.9 Å². The lowest BCUT2D eigenvalue weighted by Crippen LogP contribution is -2.45. The van der Waals surface area contributed by atoms with Crippen LogP contribution in [0.2, 0.25) is 0 Å². The molecule has 0 aromatic heterocycles. The van der Waals surface area contributed by atoms with Gasteiger partial charge in [0.05, 0.1) is 12.5 Å². The van der Waals surface area contributed by atoms with E-state index in [2.05, 4.69) is 12.2 Å². The lowest BCUT2D eigenvalue weighted by Gasteiger charge is -2.32. The molecule has 0 saturated carbocycles. The Morgan fingerprint density at radius 2 is 1.96 bits per heavy atom. The van der Waals surface area contributed by atoms with E-state index in [9.17, 15) is 9.59 Å².